The topological polar surface area (TPSA) is 86.6 Å². The highest BCUT2D eigenvalue weighted by molar-refractivity contribution is 7.80. The van der Waals surface area contributed by atoms with Gasteiger partial charge in [-0.25, -0.2) is 9.00 Å². The number of carboxylic acids is 1. The summed E-state index contributed by atoms with van der Waals surface area (Å²) in [5.74, 6) is -1.22. The van der Waals surface area contributed by atoms with E-state index in [1.165, 1.54) is 18.2 Å². The van der Waals surface area contributed by atoms with Crippen molar-refractivity contribution in [2.24, 2.45) is 0 Å². The summed E-state index contributed by atoms with van der Waals surface area (Å²) >= 11 is 3.26. The number of nitrogens with one attached hydrogen (secondary N) is 1. The van der Waals surface area contributed by atoms with Crippen LogP contribution >= 0.6 is 11.6 Å². The molecule has 7 heteroatoms. The number of hydrogen-bond acceptors (Lipinski definition) is 2. The second-order valence-electron chi connectivity index (χ2n) is 2.35. The van der Waals surface area contributed by atoms with Crippen molar-refractivity contribution in [3.8, 4) is 0 Å². The van der Waals surface area contributed by atoms with Crippen LogP contribution in [0.3, 0.4) is 0 Å². The van der Waals surface area contributed by atoms with Crippen molar-refractivity contribution in [2.45, 2.75) is 0 Å². The molecule has 1 aromatic rings. The van der Waals surface area contributed by atoms with Gasteiger partial charge in [0.25, 0.3) is 11.3 Å². The first-order chi connectivity index (χ1) is 6.50. The largest absolute Gasteiger partial charge is 0.478 e. The van der Waals surface area contributed by atoms with Crippen LogP contribution in [0.2, 0.25) is 5.02 Å². The number of aromatic carboxylic acids is 1. The molecule has 3 N–H and O–H groups in total. The fourth-order valence-corrected chi connectivity index (χ4v) is 1.41. The number of rotatable bonds is 3. The average molecular weight is 236 g/mol. The summed E-state index contributed by atoms with van der Waals surface area (Å²) in [4.78, 5) is 10.7. The van der Waals surface area contributed by atoms with Gasteiger partial charge in [0.2, 0.25) is 0 Å². The zero-order valence-corrected chi connectivity index (χ0v) is 8.30. The first kappa shape index (κ1) is 11.0. The molecule has 0 fully saturated rings. The second-order valence-corrected chi connectivity index (χ2v) is 3.49. The molecule has 0 amide bonds. The fourth-order valence-electron chi connectivity index (χ4n) is 0.876. The molecule has 1 rings (SSSR count). The lowest BCUT2D eigenvalue weighted by Gasteiger charge is -2.05. The van der Waals surface area contributed by atoms with E-state index in [9.17, 15) is 9.00 Å². The monoisotopic (exact) mass is 235 g/mol. The van der Waals surface area contributed by atoms with E-state index in [2.05, 4.69) is 4.72 Å². The van der Waals surface area contributed by atoms with Gasteiger partial charge in [0, 0.05) is 5.02 Å². The van der Waals surface area contributed by atoms with Crippen LogP contribution in [0.1, 0.15) is 10.4 Å². The Morgan fingerprint density at radius 1 is 1.50 bits per heavy atom. The van der Waals surface area contributed by atoms with Crippen LogP contribution in [0.15, 0.2) is 18.2 Å². The Balaban J connectivity index is 3.14. The Bertz CT molecular complexity index is 395. The first-order valence-corrected chi connectivity index (χ1v) is 4.89. The van der Waals surface area contributed by atoms with Gasteiger partial charge in [0.15, 0.2) is 0 Å². The smallest absolute Gasteiger partial charge is 0.337 e. The van der Waals surface area contributed by atoms with Gasteiger partial charge in [-0.1, -0.05) is 11.6 Å². The lowest BCUT2D eigenvalue weighted by atomic mass is 10.2. The number of halogens is 1. The molecule has 1 atom stereocenters. The van der Waals surface area contributed by atoms with Gasteiger partial charge in [-0.2, -0.15) is 0 Å². The third kappa shape index (κ3) is 2.69. The molecule has 1 unspecified atom stereocenters. The van der Waals surface area contributed by atoms with E-state index in [1.54, 1.807) is 0 Å². The number of benzene rings is 1. The van der Waals surface area contributed by atoms with Crippen LogP contribution in [0.5, 0.6) is 0 Å². The van der Waals surface area contributed by atoms with Crippen molar-refractivity contribution < 1.29 is 18.7 Å². The van der Waals surface area contributed by atoms with Gasteiger partial charge in [0.1, 0.15) is 0 Å². The molecule has 0 heterocycles. The van der Waals surface area contributed by atoms with Gasteiger partial charge >= 0.3 is 5.97 Å². The molecule has 0 bridgehead atoms. The van der Waals surface area contributed by atoms with E-state index in [4.69, 9.17) is 21.3 Å². The number of hydrogen-bond donors (Lipinski definition) is 3. The number of carboxylic acid groups (broad SMARTS) is 1. The lowest BCUT2D eigenvalue weighted by Crippen LogP contribution is -2.07. The molecular weight excluding hydrogens is 230 g/mol. The SMILES string of the molecule is O=C(O)c1cc(Cl)ccc1NS(=O)O. The molecule has 0 aliphatic rings. The van der Waals surface area contributed by atoms with E-state index in [0.717, 1.165) is 0 Å². The summed E-state index contributed by atoms with van der Waals surface area (Å²) in [6, 6.07) is 3.93. The molecular formula is C7H6ClNO4S. The third-order valence-electron chi connectivity index (χ3n) is 1.41. The van der Waals surface area contributed by atoms with Crippen molar-refractivity contribution in [1.82, 2.24) is 0 Å². The summed E-state index contributed by atoms with van der Waals surface area (Å²) in [6.45, 7) is 0. The van der Waals surface area contributed by atoms with E-state index in [-0.39, 0.29) is 16.3 Å². The Labute approximate surface area is 87.1 Å². The van der Waals surface area contributed by atoms with Gasteiger partial charge in [-0.15, -0.1) is 0 Å². The molecule has 1 aromatic carbocycles. The lowest BCUT2D eigenvalue weighted by molar-refractivity contribution is 0.0698. The molecule has 5 nitrogen and oxygen atoms in total. The molecule has 0 aliphatic carbocycles. The summed E-state index contributed by atoms with van der Waals surface area (Å²) in [7, 11) is 0. The Morgan fingerprint density at radius 3 is 2.64 bits per heavy atom. The normalized spacial score (nSPS) is 12.1. The minimum Gasteiger partial charge on any atom is -0.478 e. The predicted molar refractivity (Wildman–Crippen MR) is 52.8 cm³/mol. The molecule has 0 saturated heterocycles. The predicted octanol–water partition coefficient (Wildman–Crippen LogP) is 1.59. The van der Waals surface area contributed by atoms with Crippen LogP contribution < -0.4 is 4.72 Å². The van der Waals surface area contributed by atoms with Crippen molar-refractivity contribution in [3.63, 3.8) is 0 Å². The highest BCUT2D eigenvalue weighted by atomic mass is 35.5. The van der Waals surface area contributed by atoms with Gasteiger partial charge in [-0.3, -0.25) is 9.27 Å². The van der Waals surface area contributed by atoms with E-state index in [1.807, 2.05) is 0 Å². The maximum absolute atomic E-state index is 10.7. The second kappa shape index (κ2) is 4.41. The van der Waals surface area contributed by atoms with Crippen molar-refractivity contribution in [1.29, 1.82) is 0 Å². The minimum absolute atomic E-state index is 0.0442. The average Bonchev–Trinajstić information content (AvgIpc) is 2.07. The van der Waals surface area contributed by atoms with Crippen molar-refractivity contribution in [2.75, 3.05) is 4.72 Å². The van der Waals surface area contributed by atoms with Gasteiger partial charge in [-0.05, 0) is 18.2 Å². The molecule has 0 aliphatic heterocycles. The van der Waals surface area contributed by atoms with E-state index < -0.39 is 17.2 Å². The minimum atomic E-state index is -2.31. The molecule has 14 heavy (non-hydrogen) atoms. The van der Waals surface area contributed by atoms with Crippen molar-refractivity contribution >= 4 is 34.5 Å². The number of carbonyl (C=O) groups is 1. The summed E-state index contributed by atoms with van der Waals surface area (Å²) in [6.07, 6.45) is 0. The highest BCUT2D eigenvalue weighted by Crippen LogP contribution is 2.20. The van der Waals surface area contributed by atoms with Crippen LogP contribution in [0, 0.1) is 0 Å². The standard InChI is InChI=1S/C7H6ClNO4S/c8-4-1-2-6(9-14(12)13)5(3-4)7(10)11/h1-3,9H,(H,10,11)(H,12,13). The molecule has 76 valence electrons. The van der Waals surface area contributed by atoms with Crippen LogP contribution in [-0.4, -0.2) is 19.8 Å². The zero-order chi connectivity index (χ0) is 10.7. The van der Waals surface area contributed by atoms with Crippen molar-refractivity contribution in [3.05, 3.63) is 28.8 Å². The molecule has 0 spiro atoms. The third-order valence-corrected chi connectivity index (χ3v) is 2.04. The molecule has 0 aromatic heterocycles. The Morgan fingerprint density at radius 2 is 2.14 bits per heavy atom. The zero-order valence-electron chi connectivity index (χ0n) is 6.73. The fraction of sp³-hybridized carbons (Fsp3) is 0. The Hall–Kier alpha value is -1.11. The summed E-state index contributed by atoms with van der Waals surface area (Å²) < 4.78 is 21.0. The van der Waals surface area contributed by atoms with Gasteiger partial charge < -0.3 is 5.11 Å². The van der Waals surface area contributed by atoms with Crippen LogP contribution in [-0.2, 0) is 11.3 Å². The Kier molecular flexibility index (Phi) is 3.45. The summed E-state index contributed by atoms with van der Waals surface area (Å²) in [5, 5.41) is 8.97. The maximum atomic E-state index is 10.7. The van der Waals surface area contributed by atoms with E-state index in [0.29, 0.717) is 0 Å². The molecule has 0 saturated carbocycles. The maximum Gasteiger partial charge on any atom is 0.337 e. The molecule has 0 radical (unpaired) electrons. The quantitative estimate of drug-likeness (QED) is 0.695. The van der Waals surface area contributed by atoms with Gasteiger partial charge in [0.05, 0.1) is 11.3 Å². The van der Waals surface area contributed by atoms with Crippen LogP contribution in [0.25, 0.3) is 0 Å². The van der Waals surface area contributed by atoms with E-state index >= 15 is 0 Å². The number of anilines is 1. The summed E-state index contributed by atoms with van der Waals surface area (Å²) in [5.41, 5.74) is -0.109. The highest BCUT2D eigenvalue weighted by Gasteiger charge is 2.11. The van der Waals surface area contributed by atoms with Crippen LogP contribution in [0.4, 0.5) is 5.69 Å². The first-order valence-electron chi connectivity index (χ1n) is 3.41.